The summed E-state index contributed by atoms with van der Waals surface area (Å²) in [6, 6.07) is 9.21. The van der Waals surface area contributed by atoms with E-state index < -0.39 is 11.9 Å². The number of carboxylic acids is 1. The minimum Gasteiger partial charge on any atom is -0.481 e. The van der Waals surface area contributed by atoms with Crippen LogP contribution in [0, 0.1) is 5.92 Å². The van der Waals surface area contributed by atoms with Crippen LogP contribution >= 0.6 is 0 Å². The van der Waals surface area contributed by atoms with Crippen molar-refractivity contribution in [3.63, 3.8) is 0 Å². The number of nitrogens with one attached hydrogen (secondary N) is 1. The first-order valence-electron chi connectivity index (χ1n) is 8.92. The van der Waals surface area contributed by atoms with Crippen molar-refractivity contribution in [3.05, 3.63) is 35.9 Å². The summed E-state index contributed by atoms with van der Waals surface area (Å²) in [7, 11) is 1.51. The Kier molecular flexibility index (Phi) is 7.34. The van der Waals surface area contributed by atoms with Crippen molar-refractivity contribution in [2.45, 2.75) is 19.3 Å². The van der Waals surface area contributed by atoms with Crippen molar-refractivity contribution in [1.29, 1.82) is 0 Å². The van der Waals surface area contributed by atoms with E-state index in [2.05, 4.69) is 5.32 Å². The first kappa shape index (κ1) is 20.4. The van der Waals surface area contributed by atoms with Gasteiger partial charge in [-0.05, 0) is 18.4 Å². The third-order valence-corrected chi connectivity index (χ3v) is 4.64. The van der Waals surface area contributed by atoms with Crippen molar-refractivity contribution >= 4 is 23.7 Å². The van der Waals surface area contributed by atoms with E-state index in [9.17, 15) is 19.2 Å². The lowest BCUT2D eigenvalue weighted by Crippen LogP contribution is -2.47. The number of hydrogen-bond donors (Lipinski definition) is 2. The Labute approximate surface area is 158 Å². The number of carboxylic acid groups (broad SMARTS) is 1. The molecule has 8 nitrogen and oxygen atoms in total. The van der Waals surface area contributed by atoms with Crippen LogP contribution in [-0.4, -0.2) is 71.8 Å². The predicted octanol–water partition coefficient (Wildman–Crippen LogP) is 0.127. The van der Waals surface area contributed by atoms with Crippen LogP contribution in [0.3, 0.4) is 0 Å². The zero-order valence-electron chi connectivity index (χ0n) is 15.4. The van der Waals surface area contributed by atoms with Gasteiger partial charge in [-0.3, -0.25) is 19.2 Å². The second kappa shape index (κ2) is 9.70. The highest BCUT2D eigenvalue weighted by atomic mass is 16.4. The molecular weight excluding hydrogens is 350 g/mol. The molecule has 1 saturated heterocycles. The first-order chi connectivity index (χ1) is 12.9. The van der Waals surface area contributed by atoms with Crippen LogP contribution in [0.1, 0.15) is 18.4 Å². The lowest BCUT2D eigenvalue weighted by molar-refractivity contribution is -0.146. The number of hydrogen-bond acceptors (Lipinski definition) is 4. The number of carbonyl (C=O) groups is 4. The second-order valence-electron chi connectivity index (χ2n) is 6.68. The topological polar surface area (TPSA) is 107 Å². The fourth-order valence-electron chi connectivity index (χ4n) is 2.92. The Morgan fingerprint density at radius 1 is 1.15 bits per heavy atom. The molecule has 0 atom stereocenters. The number of rotatable bonds is 7. The van der Waals surface area contributed by atoms with E-state index in [-0.39, 0.29) is 37.2 Å². The summed E-state index contributed by atoms with van der Waals surface area (Å²) in [5.41, 5.74) is 0.857. The predicted molar refractivity (Wildman–Crippen MR) is 97.7 cm³/mol. The molecule has 2 N–H and O–H groups in total. The van der Waals surface area contributed by atoms with Gasteiger partial charge in [0.1, 0.15) is 0 Å². The third-order valence-electron chi connectivity index (χ3n) is 4.64. The monoisotopic (exact) mass is 375 g/mol. The summed E-state index contributed by atoms with van der Waals surface area (Å²) in [5.74, 6) is -2.07. The molecule has 1 aliphatic rings. The number of nitrogens with zero attached hydrogens (tertiary/aromatic N) is 2. The molecule has 0 aromatic heterocycles. The van der Waals surface area contributed by atoms with Crippen molar-refractivity contribution in [2.75, 3.05) is 33.2 Å². The molecule has 2 rings (SSSR count). The molecule has 8 heteroatoms. The maximum Gasteiger partial charge on any atom is 0.306 e. The van der Waals surface area contributed by atoms with Gasteiger partial charge in [-0.1, -0.05) is 30.3 Å². The number of amides is 3. The lowest BCUT2D eigenvalue weighted by Gasteiger charge is -2.31. The van der Waals surface area contributed by atoms with Gasteiger partial charge < -0.3 is 20.2 Å². The Morgan fingerprint density at radius 2 is 1.78 bits per heavy atom. The molecular formula is C19H25N3O5. The molecule has 0 aliphatic carbocycles. The van der Waals surface area contributed by atoms with E-state index in [1.165, 1.54) is 11.9 Å². The molecule has 1 fully saturated rings. The van der Waals surface area contributed by atoms with Crippen molar-refractivity contribution < 1.29 is 24.3 Å². The van der Waals surface area contributed by atoms with Gasteiger partial charge in [0.05, 0.1) is 25.4 Å². The minimum atomic E-state index is -0.833. The van der Waals surface area contributed by atoms with E-state index in [0.29, 0.717) is 25.9 Å². The van der Waals surface area contributed by atoms with Crippen molar-refractivity contribution in [1.82, 2.24) is 15.1 Å². The average Bonchev–Trinajstić information content (AvgIpc) is 2.66. The molecule has 1 heterocycles. The van der Waals surface area contributed by atoms with Crippen LogP contribution in [0.4, 0.5) is 0 Å². The van der Waals surface area contributed by atoms with Gasteiger partial charge in [0.15, 0.2) is 0 Å². The van der Waals surface area contributed by atoms with Gasteiger partial charge in [-0.2, -0.15) is 0 Å². The standard InChI is InChI=1S/C19H25N3O5/c1-21(13-18(25)22-9-7-15(8-10-22)19(26)27)17(24)12-20-16(23)11-14-5-3-2-4-6-14/h2-6,15H,7-13H2,1H3,(H,20,23)(H,26,27). The molecule has 3 amide bonds. The summed E-state index contributed by atoms with van der Waals surface area (Å²) >= 11 is 0. The molecule has 0 saturated carbocycles. The van der Waals surface area contributed by atoms with Crippen molar-refractivity contribution in [2.24, 2.45) is 5.92 Å². The molecule has 0 unspecified atom stereocenters. The number of aliphatic carboxylic acids is 1. The molecule has 1 aromatic carbocycles. The van der Waals surface area contributed by atoms with Crippen molar-refractivity contribution in [3.8, 4) is 0 Å². The van der Waals surface area contributed by atoms with Gasteiger partial charge in [0.2, 0.25) is 17.7 Å². The first-order valence-corrected chi connectivity index (χ1v) is 8.92. The molecule has 146 valence electrons. The highest BCUT2D eigenvalue weighted by molar-refractivity contribution is 5.88. The van der Waals surface area contributed by atoms with Crippen LogP contribution in [0.5, 0.6) is 0 Å². The summed E-state index contributed by atoms with van der Waals surface area (Å²) < 4.78 is 0. The van der Waals surface area contributed by atoms with Crippen LogP contribution in [0.15, 0.2) is 30.3 Å². The molecule has 27 heavy (non-hydrogen) atoms. The number of benzene rings is 1. The molecule has 0 spiro atoms. The summed E-state index contributed by atoms with van der Waals surface area (Å²) in [6.07, 6.45) is 1.04. The largest absolute Gasteiger partial charge is 0.481 e. The number of likely N-dealkylation sites (tertiary alicyclic amines) is 1. The summed E-state index contributed by atoms with van der Waals surface area (Å²) in [4.78, 5) is 50.1. The van der Waals surface area contributed by atoms with Crippen LogP contribution in [0.25, 0.3) is 0 Å². The maximum absolute atomic E-state index is 12.3. The zero-order valence-corrected chi connectivity index (χ0v) is 15.4. The van der Waals surface area contributed by atoms with Gasteiger partial charge in [-0.15, -0.1) is 0 Å². The SMILES string of the molecule is CN(CC(=O)N1CCC(C(=O)O)CC1)C(=O)CNC(=O)Cc1ccccc1. The molecule has 1 aromatic rings. The summed E-state index contributed by atoms with van der Waals surface area (Å²) in [6.45, 7) is 0.499. The maximum atomic E-state index is 12.3. The highest BCUT2D eigenvalue weighted by Crippen LogP contribution is 2.17. The third kappa shape index (κ3) is 6.40. The van der Waals surface area contributed by atoms with Gasteiger partial charge in [0, 0.05) is 20.1 Å². The fraction of sp³-hybridized carbons (Fsp3) is 0.474. The van der Waals surface area contributed by atoms with E-state index in [1.807, 2.05) is 30.3 Å². The Hall–Kier alpha value is -2.90. The van der Waals surface area contributed by atoms with E-state index in [1.54, 1.807) is 4.90 Å². The molecule has 0 radical (unpaired) electrons. The van der Waals surface area contributed by atoms with E-state index in [4.69, 9.17) is 5.11 Å². The number of piperidine rings is 1. The quantitative estimate of drug-likeness (QED) is 0.704. The second-order valence-corrected chi connectivity index (χ2v) is 6.68. The zero-order chi connectivity index (χ0) is 19.8. The lowest BCUT2D eigenvalue weighted by atomic mass is 9.97. The Morgan fingerprint density at radius 3 is 2.37 bits per heavy atom. The van der Waals surface area contributed by atoms with Gasteiger partial charge in [-0.25, -0.2) is 0 Å². The Balaban J connectivity index is 1.71. The highest BCUT2D eigenvalue weighted by Gasteiger charge is 2.27. The van der Waals surface area contributed by atoms with E-state index >= 15 is 0 Å². The molecule has 1 aliphatic heterocycles. The van der Waals surface area contributed by atoms with Gasteiger partial charge in [0.25, 0.3) is 0 Å². The van der Waals surface area contributed by atoms with Crippen LogP contribution < -0.4 is 5.32 Å². The normalized spacial score (nSPS) is 14.5. The average molecular weight is 375 g/mol. The minimum absolute atomic E-state index is 0.0921. The number of carbonyl (C=O) groups excluding carboxylic acids is 3. The Bertz CT molecular complexity index is 684. The summed E-state index contributed by atoms with van der Waals surface area (Å²) in [5, 5.41) is 11.6. The number of likely N-dealkylation sites (N-methyl/N-ethyl adjacent to an activating group) is 1. The van der Waals surface area contributed by atoms with E-state index in [0.717, 1.165) is 5.56 Å². The fourth-order valence-corrected chi connectivity index (χ4v) is 2.92. The van der Waals surface area contributed by atoms with Crippen LogP contribution in [0.2, 0.25) is 0 Å². The molecule has 0 bridgehead atoms. The smallest absolute Gasteiger partial charge is 0.306 e. The van der Waals surface area contributed by atoms with Crippen LogP contribution in [-0.2, 0) is 25.6 Å². The van der Waals surface area contributed by atoms with Gasteiger partial charge >= 0.3 is 5.97 Å².